The molecule has 1 heterocycles. The first kappa shape index (κ1) is 12.9. The summed E-state index contributed by atoms with van der Waals surface area (Å²) in [6.45, 7) is 1.37. The molecule has 0 spiro atoms. The predicted octanol–water partition coefficient (Wildman–Crippen LogP) is 1.17. The Morgan fingerprint density at radius 1 is 1.37 bits per heavy atom. The van der Waals surface area contributed by atoms with Crippen molar-refractivity contribution in [2.75, 3.05) is 7.11 Å². The maximum atomic E-state index is 13.9. The van der Waals surface area contributed by atoms with Gasteiger partial charge in [0.15, 0.2) is 17.3 Å². The summed E-state index contributed by atoms with van der Waals surface area (Å²) in [5, 5.41) is 9.26. The van der Waals surface area contributed by atoms with Crippen molar-refractivity contribution in [1.82, 2.24) is 15.4 Å². The molecule has 6 nitrogen and oxygen atoms in total. The molecule has 3 N–H and O–H groups in total. The zero-order chi connectivity index (χ0) is 14.2. The zero-order valence-corrected chi connectivity index (χ0v) is 10.1. The van der Waals surface area contributed by atoms with Gasteiger partial charge in [-0.05, 0) is 13.0 Å². The molecule has 0 aliphatic rings. The molecule has 2 rings (SSSR count). The Morgan fingerprint density at radius 3 is 2.63 bits per heavy atom. The molecule has 0 bridgehead atoms. The first-order valence-corrected chi connectivity index (χ1v) is 5.20. The van der Waals surface area contributed by atoms with Crippen molar-refractivity contribution in [2.45, 2.75) is 6.92 Å². The number of carbonyl (C=O) groups excluding carboxylic acids is 1. The topological polar surface area (TPSA) is 93.9 Å². The molecule has 1 aromatic carbocycles. The molecule has 0 saturated heterocycles. The number of carbonyl (C=O) groups is 1. The molecule has 1 aromatic heterocycles. The Bertz CT molecular complexity index is 654. The summed E-state index contributed by atoms with van der Waals surface area (Å²) in [7, 11) is 1.32. The van der Waals surface area contributed by atoms with E-state index in [0.717, 1.165) is 0 Å². The fourth-order valence-electron chi connectivity index (χ4n) is 1.67. The predicted molar refractivity (Wildman–Crippen MR) is 61.5 cm³/mol. The maximum Gasteiger partial charge on any atom is 0.271 e. The number of ether oxygens (including phenoxy) is 1. The van der Waals surface area contributed by atoms with E-state index >= 15 is 0 Å². The van der Waals surface area contributed by atoms with Gasteiger partial charge in [0, 0.05) is 11.1 Å². The molecule has 0 aliphatic carbocycles. The second kappa shape index (κ2) is 4.63. The Hall–Kier alpha value is -2.51. The Morgan fingerprint density at radius 2 is 2.05 bits per heavy atom. The van der Waals surface area contributed by atoms with Gasteiger partial charge in [-0.15, -0.1) is 0 Å². The molecule has 0 aliphatic heterocycles. The summed E-state index contributed by atoms with van der Waals surface area (Å²) in [5.74, 6) is -2.99. The van der Waals surface area contributed by atoms with E-state index < -0.39 is 17.5 Å². The quantitative estimate of drug-likeness (QED) is 0.873. The Labute approximate surface area is 106 Å². The number of aromatic amines is 1. The van der Waals surface area contributed by atoms with Gasteiger partial charge in [0.05, 0.1) is 7.11 Å². The number of nitrogens with two attached hydrogens (primary N) is 1. The number of hydrogen-bond acceptors (Lipinski definition) is 4. The normalized spacial score (nSPS) is 10.5. The number of benzene rings is 1. The first-order chi connectivity index (χ1) is 8.97. The third-order valence-electron chi connectivity index (χ3n) is 2.66. The molecular formula is C11H10F2N4O2. The van der Waals surface area contributed by atoms with Gasteiger partial charge in [-0.1, -0.05) is 0 Å². The second-order valence-electron chi connectivity index (χ2n) is 3.76. The van der Waals surface area contributed by atoms with Crippen LogP contribution in [0.5, 0.6) is 5.75 Å². The van der Waals surface area contributed by atoms with Gasteiger partial charge in [0.25, 0.3) is 5.91 Å². The number of aromatic nitrogens is 3. The van der Waals surface area contributed by atoms with Crippen LogP contribution in [-0.4, -0.2) is 28.4 Å². The third-order valence-corrected chi connectivity index (χ3v) is 2.66. The minimum Gasteiger partial charge on any atom is -0.496 e. The second-order valence-corrected chi connectivity index (χ2v) is 3.76. The van der Waals surface area contributed by atoms with Crippen molar-refractivity contribution in [2.24, 2.45) is 5.73 Å². The highest BCUT2D eigenvalue weighted by Crippen LogP contribution is 2.32. The fraction of sp³-hybridized carbons (Fsp3) is 0.182. The van der Waals surface area contributed by atoms with Crippen molar-refractivity contribution in [1.29, 1.82) is 0 Å². The molecule has 1 amide bonds. The zero-order valence-electron chi connectivity index (χ0n) is 10.1. The van der Waals surface area contributed by atoms with Crippen LogP contribution in [0.25, 0.3) is 11.3 Å². The number of methoxy groups -OCH3 is 1. The monoisotopic (exact) mass is 268 g/mol. The summed E-state index contributed by atoms with van der Waals surface area (Å²) in [4.78, 5) is 11.1. The molecule has 100 valence electrons. The third kappa shape index (κ3) is 2.01. The summed E-state index contributed by atoms with van der Waals surface area (Å²) >= 11 is 0. The van der Waals surface area contributed by atoms with E-state index in [-0.39, 0.29) is 28.3 Å². The van der Waals surface area contributed by atoms with Crippen LogP contribution in [0, 0.1) is 18.6 Å². The van der Waals surface area contributed by atoms with Crippen LogP contribution in [0.2, 0.25) is 0 Å². The summed E-state index contributed by atoms with van der Waals surface area (Å²) < 4.78 is 32.6. The molecule has 0 fully saturated rings. The summed E-state index contributed by atoms with van der Waals surface area (Å²) in [6.07, 6.45) is 0. The SMILES string of the molecule is COc1cc(-c2n[nH]nc2C(N)=O)c(F)c(F)c1C. The minimum atomic E-state index is -1.14. The van der Waals surface area contributed by atoms with Crippen LogP contribution in [0.15, 0.2) is 6.07 Å². The van der Waals surface area contributed by atoms with E-state index in [2.05, 4.69) is 15.4 Å². The van der Waals surface area contributed by atoms with Crippen LogP contribution in [-0.2, 0) is 0 Å². The lowest BCUT2D eigenvalue weighted by Gasteiger charge is -2.09. The molecule has 0 radical (unpaired) electrons. The van der Waals surface area contributed by atoms with E-state index in [9.17, 15) is 13.6 Å². The van der Waals surface area contributed by atoms with Crippen molar-refractivity contribution in [3.05, 3.63) is 29.0 Å². The molecule has 0 atom stereocenters. The first-order valence-electron chi connectivity index (χ1n) is 5.20. The van der Waals surface area contributed by atoms with Gasteiger partial charge in [-0.25, -0.2) is 8.78 Å². The number of nitrogens with zero attached hydrogens (tertiary/aromatic N) is 2. The highest BCUT2D eigenvalue weighted by Gasteiger charge is 2.23. The van der Waals surface area contributed by atoms with E-state index in [1.165, 1.54) is 20.1 Å². The number of hydrogen-bond donors (Lipinski definition) is 2. The number of halogens is 2. The lowest BCUT2D eigenvalue weighted by molar-refractivity contribution is 0.0996. The van der Waals surface area contributed by atoms with Gasteiger partial charge in [-0.3, -0.25) is 4.79 Å². The van der Waals surface area contributed by atoms with Crippen molar-refractivity contribution >= 4 is 5.91 Å². The van der Waals surface area contributed by atoms with E-state index in [1.54, 1.807) is 0 Å². The number of rotatable bonds is 3. The van der Waals surface area contributed by atoms with Crippen LogP contribution < -0.4 is 10.5 Å². The largest absolute Gasteiger partial charge is 0.496 e. The average Bonchev–Trinajstić information content (AvgIpc) is 2.85. The van der Waals surface area contributed by atoms with Crippen molar-refractivity contribution in [3.8, 4) is 17.0 Å². The van der Waals surface area contributed by atoms with Gasteiger partial charge in [0.1, 0.15) is 11.4 Å². The van der Waals surface area contributed by atoms with Crippen LogP contribution in [0.4, 0.5) is 8.78 Å². The fourth-order valence-corrected chi connectivity index (χ4v) is 1.67. The standard InChI is InChI=1S/C11H10F2N4O2/c1-4-6(19-2)3-5(8(13)7(4)12)9-10(11(14)18)16-17-15-9/h3H,1-2H3,(H2,14,18)(H,15,16,17). The number of amides is 1. The number of nitrogens with one attached hydrogen (secondary N) is 1. The van der Waals surface area contributed by atoms with E-state index in [4.69, 9.17) is 10.5 Å². The van der Waals surface area contributed by atoms with Crippen LogP contribution >= 0.6 is 0 Å². The molecule has 0 saturated carbocycles. The van der Waals surface area contributed by atoms with Gasteiger partial charge >= 0.3 is 0 Å². The van der Waals surface area contributed by atoms with E-state index in [0.29, 0.717) is 0 Å². The van der Waals surface area contributed by atoms with Gasteiger partial charge in [-0.2, -0.15) is 15.4 Å². The smallest absolute Gasteiger partial charge is 0.271 e. The Balaban J connectivity index is 2.72. The molecule has 8 heteroatoms. The lowest BCUT2D eigenvalue weighted by atomic mass is 10.0. The van der Waals surface area contributed by atoms with Crippen LogP contribution in [0.1, 0.15) is 16.1 Å². The van der Waals surface area contributed by atoms with Crippen molar-refractivity contribution < 1.29 is 18.3 Å². The Kier molecular flexibility index (Phi) is 3.16. The van der Waals surface area contributed by atoms with Crippen LogP contribution in [0.3, 0.4) is 0 Å². The van der Waals surface area contributed by atoms with Gasteiger partial charge < -0.3 is 10.5 Å². The summed E-state index contributed by atoms with van der Waals surface area (Å²) in [5.41, 5.74) is 4.41. The van der Waals surface area contributed by atoms with E-state index in [1.807, 2.05) is 0 Å². The molecule has 0 unspecified atom stereocenters. The molecule has 19 heavy (non-hydrogen) atoms. The maximum absolute atomic E-state index is 13.9. The lowest BCUT2D eigenvalue weighted by Crippen LogP contribution is -2.13. The average molecular weight is 268 g/mol. The highest BCUT2D eigenvalue weighted by molar-refractivity contribution is 5.96. The van der Waals surface area contributed by atoms with Crippen molar-refractivity contribution in [3.63, 3.8) is 0 Å². The number of primary amides is 1. The summed E-state index contributed by atoms with van der Waals surface area (Å²) in [6, 6.07) is 1.23. The highest BCUT2D eigenvalue weighted by atomic mass is 19.2. The minimum absolute atomic E-state index is 0.0212. The van der Waals surface area contributed by atoms with Gasteiger partial charge in [0.2, 0.25) is 0 Å². The number of H-pyrrole nitrogens is 1. The molecular weight excluding hydrogens is 258 g/mol. The molecule has 2 aromatic rings.